The number of allylic oxidation sites excluding steroid dienone is 1. The molecule has 0 amide bonds. The number of aryl methyl sites for hydroxylation is 2. The summed E-state index contributed by atoms with van der Waals surface area (Å²) in [4.78, 5) is 12.5. The number of ether oxygens (including phenoxy) is 2. The largest absolute Gasteiger partial charge is 0.493 e. The van der Waals surface area contributed by atoms with Crippen LogP contribution in [0, 0.1) is 13.8 Å². The zero-order valence-corrected chi connectivity index (χ0v) is 14.9. The van der Waals surface area contributed by atoms with E-state index in [1.807, 2.05) is 6.92 Å². The molecular weight excluding hydrogens is 345 g/mol. The van der Waals surface area contributed by atoms with Crippen molar-refractivity contribution in [2.24, 2.45) is 0 Å². The van der Waals surface area contributed by atoms with Gasteiger partial charge in [0, 0.05) is 0 Å². The predicted octanol–water partition coefficient (Wildman–Crippen LogP) is 5.24. The first-order valence-electron chi connectivity index (χ1n) is 7.81. The normalized spacial score (nSPS) is 11.7. The molecule has 0 saturated heterocycles. The van der Waals surface area contributed by atoms with Crippen LogP contribution in [0.15, 0.2) is 36.4 Å². The minimum atomic E-state index is -4.39. The maximum Gasteiger partial charge on any atom is 0.416 e. The van der Waals surface area contributed by atoms with Gasteiger partial charge in [0.25, 0.3) is 0 Å². The van der Waals surface area contributed by atoms with E-state index in [0.29, 0.717) is 28.2 Å². The van der Waals surface area contributed by atoms with Crippen molar-refractivity contribution in [3.63, 3.8) is 0 Å². The van der Waals surface area contributed by atoms with E-state index in [9.17, 15) is 18.0 Å². The molecule has 0 aliphatic heterocycles. The van der Waals surface area contributed by atoms with Crippen molar-refractivity contribution in [3.05, 3.63) is 64.2 Å². The maximum absolute atomic E-state index is 12.7. The summed E-state index contributed by atoms with van der Waals surface area (Å²) in [6.07, 6.45) is -1.60. The quantitative estimate of drug-likeness (QED) is 0.538. The molecular formula is C20H19F3O3. The topological polar surface area (TPSA) is 35.5 Å². The first-order chi connectivity index (χ1) is 12.2. The molecule has 0 unspecified atom stereocenters. The van der Waals surface area contributed by atoms with Crippen LogP contribution < -0.4 is 9.47 Å². The minimum Gasteiger partial charge on any atom is -0.493 e. The van der Waals surface area contributed by atoms with E-state index in [-0.39, 0.29) is 5.78 Å². The van der Waals surface area contributed by atoms with Crippen molar-refractivity contribution in [2.75, 3.05) is 14.2 Å². The van der Waals surface area contributed by atoms with E-state index >= 15 is 0 Å². The molecule has 0 heterocycles. The molecule has 0 aliphatic carbocycles. The molecule has 0 radical (unpaired) electrons. The van der Waals surface area contributed by atoms with Crippen LogP contribution in [-0.2, 0) is 6.18 Å². The van der Waals surface area contributed by atoms with E-state index in [2.05, 4.69) is 0 Å². The van der Waals surface area contributed by atoms with Crippen molar-refractivity contribution in [3.8, 4) is 11.5 Å². The summed E-state index contributed by atoms with van der Waals surface area (Å²) in [6, 6.07) is 6.76. The van der Waals surface area contributed by atoms with Crippen LogP contribution in [0.25, 0.3) is 6.08 Å². The standard InChI is InChI=1S/C20H19F3O3/c1-12-5-9-16(19(26-4)18(12)25-3)17(24)10-7-14-6-8-15(11-13(14)2)20(21,22)23/h5-11H,1-4H3/b10-7+. The molecule has 2 rings (SSSR count). The second-order valence-electron chi connectivity index (χ2n) is 5.76. The lowest BCUT2D eigenvalue weighted by molar-refractivity contribution is -0.137. The van der Waals surface area contributed by atoms with Gasteiger partial charge in [-0.1, -0.05) is 18.2 Å². The van der Waals surface area contributed by atoms with E-state index in [1.54, 1.807) is 19.1 Å². The molecule has 0 aliphatic rings. The summed E-state index contributed by atoms with van der Waals surface area (Å²) < 4.78 is 48.7. The number of hydrogen-bond donors (Lipinski definition) is 0. The third-order valence-electron chi connectivity index (χ3n) is 3.99. The number of alkyl halides is 3. The Morgan fingerprint density at radius 3 is 2.15 bits per heavy atom. The Labute approximate surface area is 150 Å². The van der Waals surface area contributed by atoms with E-state index < -0.39 is 11.7 Å². The molecule has 0 N–H and O–H groups in total. The van der Waals surface area contributed by atoms with Crippen LogP contribution in [-0.4, -0.2) is 20.0 Å². The fourth-order valence-electron chi connectivity index (χ4n) is 2.61. The van der Waals surface area contributed by atoms with Crippen LogP contribution in [0.5, 0.6) is 11.5 Å². The summed E-state index contributed by atoms with van der Waals surface area (Å²) in [5, 5.41) is 0. The van der Waals surface area contributed by atoms with Gasteiger partial charge in [-0.05, 0) is 54.8 Å². The lowest BCUT2D eigenvalue weighted by Gasteiger charge is -2.13. The van der Waals surface area contributed by atoms with Gasteiger partial charge in [-0.25, -0.2) is 0 Å². The van der Waals surface area contributed by atoms with Crippen molar-refractivity contribution in [1.82, 2.24) is 0 Å². The Morgan fingerprint density at radius 1 is 0.962 bits per heavy atom. The highest BCUT2D eigenvalue weighted by Crippen LogP contribution is 2.35. The zero-order chi connectivity index (χ0) is 19.5. The molecule has 0 fully saturated rings. The van der Waals surface area contributed by atoms with Crippen molar-refractivity contribution in [2.45, 2.75) is 20.0 Å². The van der Waals surface area contributed by atoms with Crippen LogP contribution >= 0.6 is 0 Å². The number of methoxy groups -OCH3 is 2. The number of carbonyl (C=O) groups excluding carboxylic acids is 1. The number of halogens is 3. The Balaban J connectivity index is 2.34. The Morgan fingerprint density at radius 2 is 1.62 bits per heavy atom. The highest BCUT2D eigenvalue weighted by molar-refractivity contribution is 6.09. The summed E-state index contributed by atoms with van der Waals surface area (Å²) in [5.41, 5.74) is 1.38. The molecule has 2 aromatic carbocycles. The van der Waals surface area contributed by atoms with Crippen molar-refractivity contribution < 1.29 is 27.4 Å². The predicted molar refractivity (Wildman–Crippen MR) is 93.8 cm³/mol. The maximum atomic E-state index is 12.7. The lowest BCUT2D eigenvalue weighted by Crippen LogP contribution is -2.05. The molecule has 0 aromatic heterocycles. The molecule has 6 heteroatoms. The zero-order valence-electron chi connectivity index (χ0n) is 14.9. The number of rotatable bonds is 5. The molecule has 26 heavy (non-hydrogen) atoms. The lowest BCUT2D eigenvalue weighted by atomic mass is 10.0. The minimum absolute atomic E-state index is 0.316. The molecule has 0 saturated carbocycles. The van der Waals surface area contributed by atoms with Gasteiger partial charge >= 0.3 is 6.18 Å². The number of ketones is 1. The first-order valence-corrected chi connectivity index (χ1v) is 7.81. The smallest absolute Gasteiger partial charge is 0.416 e. The number of hydrogen-bond acceptors (Lipinski definition) is 3. The summed E-state index contributed by atoms with van der Waals surface area (Å²) in [7, 11) is 2.93. The van der Waals surface area contributed by atoms with E-state index in [0.717, 1.165) is 17.7 Å². The Kier molecular flexibility index (Phi) is 5.75. The van der Waals surface area contributed by atoms with E-state index in [4.69, 9.17) is 9.47 Å². The SMILES string of the molecule is COc1c(C)ccc(C(=O)/C=C/c2ccc(C(F)(F)F)cc2C)c1OC. The van der Waals surface area contributed by atoms with E-state index in [1.165, 1.54) is 32.4 Å². The summed E-state index contributed by atoms with van der Waals surface area (Å²) in [5.74, 6) is 0.461. The average Bonchev–Trinajstić information content (AvgIpc) is 2.59. The fraction of sp³-hybridized carbons (Fsp3) is 0.250. The van der Waals surface area contributed by atoms with Crippen LogP contribution in [0.3, 0.4) is 0 Å². The van der Waals surface area contributed by atoms with Crippen LogP contribution in [0.2, 0.25) is 0 Å². The molecule has 0 atom stereocenters. The highest BCUT2D eigenvalue weighted by Gasteiger charge is 2.30. The van der Waals surface area contributed by atoms with Gasteiger partial charge in [-0.15, -0.1) is 0 Å². The third kappa shape index (κ3) is 4.07. The number of carbonyl (C=O) groups is 1. The van der Waals surface area contributed by atoms with Crippen LogP contribution in [0.1, 0.15) is 32.6 Å². The third-order valence-corrected chi connectivity index (χ3v) is 3.99. The first kappa shape index (κ1) is 19.6. The second-order valence-corrected chi connectivity index (χ2v) is 5.76. The second kappa shape index (κ2) is 7.64. The monoisotopic (exact) mass is 364 g/mol. The van der Waals surface area contributed by atoms with Gasteiger partial charge < -0.3 is 9.47 Å². The van der Waals surface area contributed by atoms with Crippen molar-refractivity contribution >= 4 is 11.9 Å². The highest BCUT2D eigenvalue weighted by atomic mass is 19.4. The Bertz CT molecular complexity index is 852. The number of benzene rings is 2. The molecule has 0 spiro atoms. The Hall–Kier alpha value is -2.76. The average molecular weight is 364 g/mol. The fourth-order valence-corrected chi connectivity index (χ4v) is 2.61. The van der Waals surface area contributed by atoms with Gasteiger partial charge in [0.05, 0.1) is 25.3 Å². The summed E-state index contributed by atoms with van der Waals surface area (Å²) in [6.45, 7) is 3.39. The molecule has 3 nitrogen and oxygen atoms in total. The molecule has 2 aromatic rings. The van der Waals surface area contributed by atoms with Gasteiger partial charge in [-0.2, -0.15) is 13.2 Å². The van der Waals surface area contributed by atoms with Crippen molar-refractivity contribution in [1.29, 1.82) is 0 Å². The van der Waals surface area contributed by atoms with Gasteiger partial charge in [0.15, 0.2) is 17.3 Å². The van der Waals surface area contributed by atoms with Gasteiger partial charge in [0.1, 0.15) is 0 Å². The van der Waals surface area contributed by atoms with Crippen LogP contribution in [0.4, 0.5) is 13.2 Å². The van der Waals surface area contributed by atoms with Gasteiger partial charge in [-0.3, -0.25) is 4.79 Å². The molecule has 0 bridgehead atoms. The molecule has 138 valence electrons. The van der Waals surface area contributed by atoms with Gasteiger partial charge in [0.2, 0.25) is 0 Å². The summed E-state index contributed by atoms with van der Waals surface area (Å²) >= 11 is 0.